The number of carbonyl (C=O) groups is 1. The molecule has 0 spiro atoms. The molecule has 0 fully saturated rings. The molecule has 3 N–H and O–H groups in total. The van der Waals surface area contributed by atoms with E-state index >= 15 is 0 Å². The Bertz CT molecular complexity index is 1240. The maximum atomic E-state index is 12.5. The molecule has 31 heavy (non-hydrogen) atoms. The zero-order chi connectivity index (χ0) is 22.2. The first-order valence-corrected chi connectivity index (χ1v) is 12.1. The molecule has 0 saturated heterocycles. The van der Waals surface area contributed by atoms with E-state index in [2.05, 4.69) is 30.6 Å². The summed E-state index contributed by atoms with van der Waals surface area (Å²) < 4.78 is 25.1. The summed E-state index contributed by atoms with van der Waals surface area (Å²) in [6.07, 6.45) is 2.77. The minimum atomic E-state index is -3.36. The molecule has 164 valence electrons. The van der Waals surface area contributed by atoms with Crippen LogP contribution in [0.4, 0.5) is 5.82 Å². The standard InChI is InChI=1S/C21H26N6O3S/c1-4-22-20(28)16-10-14-18(25-16)23-11-24-19(14)27-17(12(2)3)15-8-7-13-6-5-9-31(29,30)21(13)26-15/h7-8,10-12,17H,4-6,9H2,1-3H3,(H,22,28)(H2,23,24,25,27)/t17-/m0/s1. The molecule has 9 nitrogen and oxygen atoms in total. The Labute approximate surface area is 181 Å². The van der Waals surface area contributed by atoms with E-state index in [9.17, 15) is 13.2 Å². The van der Waals surface area contributed by atoms with Crippen LogP contribution in [0.5, 0.6) is 0 Å². The number of nitrogens with zero attached hydrogens (tertiary/aromatic N) is 3. The topological polar surface area (TPSA) is 130 Å². The minimum absolute atomic E-state index is 0.101. The molecule has 0 bridgehead atoms. The lowest BCUT2D eigenvalue weighted by molar-refractivity contribution is 0.0951. The van der Waals surface area contributed by atoms with E-state index < -0.39 is 9.84 Å². The second kappa shape index (κ2) is 8.26. The third-order valence-electron chi connectivity index (χ3n) is 5.40. The summed E-state index contributed by atoms with van der Waals surface area (Å²) in [5.41, 5.74) is 2.37. The first-order valence-electron chi connectivity index (χ1n) is 10.4. The summed E-state index contributed by atoms with van der Waals surface area (Å²) in [7, 11) is -3.36. The predicted octanol–water partition coefficient (Wildman–Crippen LogP) is 2.63. The van der Waals surface area contributed by atoms with E-state index in [1.165, 1.54) is 6.33 Å². The minimum Gasteiger partial charge on any atom is -0.361 e. The van der Waals surface area contributed by atoms with Gasteiger partial charge in [-0.1, -0.05) is 19.9 Å². The fourth-order valence-corrected chi connectivity index (χ4v) is 5.36. The number of anilines is 1. The monoisotopic (exact) mass is 442 g/mol. The maximum absolute atomic E-state index is 12.5. The number of aryl methyl sites for hydroxylation is 1. The van der Waals surface area contributed by atoms with Gasteiger partial charge >= 0.3 is 0 Å². The molecule has 0 radical (unpaired) electrons. The summed E-state index contributed by atoms with van der Waals surface area (Å²) in [6.45, 7) is 6.44. The highest BCUT2D eigenvalue weighted by atomic mass is 32.2. The highest BCUT2D eigenvalue weighted by molar-refractivity contribution is 7.91. The van der Waals surface area contributed by atoms with Crippen molar-refractivity contribution in [3.8, 4) is 0 Å². The van der Waals surface area contributed by atoms with Crippen molar-refractivity contribution in [3.63, 3.8) is 0 Å². The number of aromatic amines is 1. The summed E-state index contributed by atoms with van der Waals surface area (Å²) in [6, 6.07) is 5.19. The number of sulfone groups is 1. The number of aromatic nitrogens is 4. The van der Waals surface area contributed by atoms with Crippen LogP contribution >= 0.6 is 0 Å². The van der Waals surface area contributed by atoms with Gasteiger partial charge in [-0.3, -0.25) is 4.79 Å². The predicted molar refractivity (Wildman–Crippen MR) is 118 cm³/mol. The van der Waals surface area contributed by atoms with Crippen molar-refractivity contribution in [2.75, 3.05) is 17.6 Å². The number of nitrogens with one attached hydrogen (secondary N) is 3. The first-order chi connectivity index (χ1) is 14.8. The molecule has 0 aliphatic carbocycles. The second-order valence-electron chi connectivity index (χ2n) is 8.02. The van der Waals surface area contributed by atoms with E-state index in [0.717, 1.165) is 12.0 Å². The number of amides is 1. The van der Waals surface area contributed by atoms with E-state index in [1.54, 1.807) is 6.07 Å². The fraction of sp³-hybridized carbons (Fsp3) is 0.429. The Hall–Kier alpha value is -3.01. The number of hydrogen-bond acceptors (Lipinski definition) is 7. The van der Waals surface area contributed by atoms with E-state index in [0.29, 0.717) is 41.2 Å². The zero-order valence-electron chi connectivity index (χ0n) is 17.8. The first kappa shape index (κ1) is 21.2. The highest BCUT2D eigenvalue weighted by Gasteiger charge is 2.28. The number of fused-ring (bicyclic) bond motifs is 2. The van der Waals surface area contributed by atoms with Gasteiger partial charge in [0.15, 0.2) is 14.9 Å². The van der Waals surface area contributed by atoms with Crippen molar-refractivity contribution in [2.24, 2.45) is 5.92 Å². The molecule has 1 atom stereocenters. The van der Waals surface area contributed by atoms with Crippen LogP contribution in [-0.2, 0) is 16.3 Å². The average Bonchev–Trinajstić information content (AvgIpc) is 3.17. The van der Waals surface area contributed by atoms with Crippen LogP contribution in [0.15, 0.2) is 29.6 Å². The van der Waals surface area contributed by atoms with Gasteiger partial charge < -0.3 is 15.6 Å². The summed E-state index contributed by atoms with van der Waals surface area (Å²) >= 11 is 0. The molecule has 1 amide bonds. The zero-order valence-corrected chi connectivity index (χ0v) is 18.6. The Morgan fingerprint density at radius 2 is 2.06 bits per heavy atom. The fourth-order valence-electron chi connectivity index (χ4n) is 3.83. The molecule has 3 aromatic heterocycles. The summed E-state index contributed by atoms with van der Waals surface area (Å²) in [5.74, 6) is 0.573. The molecule has 10 heteroatoms. The van der Waals surface area contributed by atoms with Crippen LogP contribution in [0.1, 0.15) is 55.0 Å². The van der Waals surface area contributed by atoms with Gasteiger partial charge in [-0.15, -0.1) is 0 Å². The van der Waals surface area contributed by atoms with Crippen LogP contribution in [0.2, 0.25) is 0 Å². The number of carbonyl (C=O) groups excluding carboxylic acids is 1. The smallest absolute Gasteiger partial charge is 0.267 e. The van der Waals surface area contributed by atoms with E-state index in [-0.39, 0.29) is 28.6 Å². The van der Waals surface area contributed by atoms with Crippen LogP contribution in [0.25, 0.3) is 11.0 Å². The molecule has 1 aliphatic heterocycles. The van der Waals surface area contributed by atoms with E-state index in [4.69, 9.17) is 0 Å². The lowest BCUT2D eigenvalue weighted by Gasteiger charge is -2.24. The second-order valence-corrected chi connectivity index (χ2v) is 10.0. The number of H-pyrrole nitrogens is 1. The Balaban J connectivity index is 1.72. The lowest BCUT2D eigenvalue weighted by Crippen LogP contribution is -2.23. The van der Waals surface area contributed by atoms with Gasteiger partial charge in [0, 0.05) is 6.54 Å². The van der Waals surface area contributed by atoms with Gasteiger partial charge in [-0.25, -0.2) is 23.4 Å². The molecule has 1 aliphatic rings. The van der Waals surface area contributed by atoms with Crippen molar-refractivity contribution >= 4 is 32.6 Å². The molecule has 4 heterocycles. The van der Waals surface area contributed by atoms with Gasteiger partial charge in [0.05, 0.1) is 22.9 Å². The molecular formula is C21H26N6O3S. The van der Waals surface area contributed by atoms with E-state index in [1.807, 2.05) is 32.9 Å². The molecule has 0 aromatic carbocycles. The van der Waals surface area contributed by atoms with Crippen molar-refractivity contribution < 1.29 is 13.2 Å². The van der Waals surface area contributed by atoms with Crippen molar-refractivity contribution in [1.29, 1.82) is 0 Å². The van der Waals surface area contributed by atoms with Gasteiger partial charge in [-0.2, -0.15) is 0 Å². The molecule has 4 rings (SSSR count). The quantitative estimate of drug-likeness (QED) is 0.535. The molecule has 3 aromatic rings. The lowest BCUT2D eigenvalue weighted by atomic mass is 9.99. The number of hydrogen-bond donors (Lipinski definition) is 3. The average molecular weight is 443 g/mol. The largest absolute Gasteiger partial charge is 0.361 e. The molecular weight excluding hydrogens is 416 g/mol. The van der Waals surface area contributed by atoms with Crippen molar-refractivity contribution in [3.05, 3.63) is 41.5 Å². The number of pyridine rings is 1. The Kier molecular flexibility index (Phi) is 5.65. The van der Waals surface area contributed by atoms with Gasteiger partial charge in [0.25, 0.3) is 5.91 Å². The maximum Gasteiger partial charge on any atom is 0.267 e. The normalized spacial score (nSPS) is 16.1. The molecule has 0 unspecified atom stereocenters. The van der Waals surface area contributed by atoms with Gasteiger partial charge in [-0.05, 0) is 43.4 Å². The third-order valence-corrected chi connectivity index (χ3v) is 7.17. The van der Waals surface area contributed by atoms with Crippen LogP contribution < -0.4 is 10.6 Å². The van der Waals surface area contributed by atoms with Crippen molar-refractivity contribution in [2.45, 2.75) is 44.7 Å². The Morgan fingerprint density at radius 3 is 2.81 bits per heavy atom. The third kappa shape index (κ3) is 4.12. The van der Waals surface area contributed by atoms with Gasteiger partial charge in [0.1, 0.15) is 23.5 Å². The molecule has 0 saturated carbocycles. The SMILES string of the molecule is CCNC(=O)c1cc2c(N[C@H](c3ccc4c(n3)S(=O)(=O)CCC4)C(C)C)ncnc2[nH]1. The van der Waals surface area contributed by atoms with Crippen LogP contribution in [0.3, 0.4) is 0 Å². The number of rotatable bonds is 6. The highest BCUT2D eigenvalue weighted by Crippen LogP contribution is 2.31. The van der Waals surface area contributed by atoms with Crippen LogP contribution in [0, 0.1) is 5.92 Å². The van der Waals surface area contributed by atoms with Crippen LogP contribution in [-0.4, -0.2) is 46.6 Å². The Morgan fingerprint density at radius 1 is 1.26 bits per heavy atom. The summed E-state index contributed by atoms with van der Waals surface area (Å²) in [5, 5.41) is 7.03. The summed E-state index contributed by atoms with van der Waals surface area (Å²) in [4.78, 5) is 28.4. The van der Waals surface area contributed by atoms with Gasteiger partial charge in [0.2, 0.25) is 0 Å². The van der Waals surface area contributed by atoms with Crippen molar-refractivity contribution in [1.82, 2.24) is 25.3 Å².